The maximum atomic E-state index is 11.6. The molecule has 0 aromatic carbocycles. The number of hydrogen-bond donors (Lipinski definition) is 2. The van der Waals surface area contributed by atoms with Gasteiger partial charge in [0.05, 0.1) is 13.0 Å². The van der Waals surface area contributed by atoms with Gasteiger partial charge in [-0.2, -0.15) is 0 Å². The number of methoxy groups -OCH3 is 1. The Morgan fingerprint density at radius 3 is 2.44 bits per heavy atom. The lowest BCUT2D eigenvalue weighted by atomic mass is 9.78. The second-order valence-electron chi connectivity index (χ2n) is 4.57. The van der Waals surface area contributed by atoms with Gasteiger partial charge in [-0.3, -0.25) is 9.59 Å². The summed E-state index contributed by atoms with van der Waals surface area (Å²) in [6.07, 6.45) is 0. The molecule has 0 aliphatic carbocycles. The van der Waals surface area contributed by atoms with Crippen LogP contribution in [-0.4, -0.2) is 36.7 Å². The molecule has 2 N–H and O–H groups in total. The standard InChI is InChI=1S/C12H19NO4.ClH/c1-6(2)8-5-13-10(11(14)15)9(8)7(3)12(16)17-4;/h7-10,13H,1,5H2,2-4H3,(H,14,15);1H/t7?,8-,9+,10+;/m1./s1. The molecule has 1 aliphatic heterocycles. The average Bonchev–Trinajstić information content (AvgIpc) is 2.71. The van der Waals surface area contributed by atoms with Crippen LogP contribution in [0.5, 0.6) is 0 Å². The predicted octanol–water partition coefficient (Wildman–Crippen LogP) is 1.08. The highest BCUT2D eigenvalue weighted by Crippen LogP contribution is 2.34. The van der Waals surface area contributed by atoms with Gasteiger partial charge in [0.15, 0.2) is 0 Å². The van der Waals surface area contributed by atoms with E-state index in [0.717, 1.165) is 5.57 Å². The molecule has 1 aliphatic rings. The molecular weight excluding hydrogens is 258 g/mol. The first-order valence-corrected chi connectivity index (χ1v) is 5.59. The lowest BCUT2D eigenvalue weighted by molar-refractivity contribution is -0.149. The van der Waals surface area contributed by atoms with Crippen molar-refractivity contribution in [3.63, 3.8) is 0 Å². The Morgan fingerprint density at radius 1 is 1.50 bits per heavy atom. The summed E-state index contributed by atoms with van der Waals surface area (Å²) in [5.74, 6) is -2.09. The van der Waals surface area contributed by atoms with Crippen molar-refractivity contribution in [1.82, 2.24) is 5.32 Å². The minimum Gasteiger partial charge on any atom is -0.480 e. The fourth-order valence-corrected chi connectivity index (χ4v) is 2.49. The van der Waals surface area contributed by atoms with E-state index in [2.05, 4.69) is 11.9 Å². The second-order valence-corrected chi connectivity index (χ2v) is 4.57. The highest BCUT2D eigenvalue weighted by Gasteiger charge is 2.45. The number of nitrogens with one attached hydrogen (secondary N) is 1. The first-order valence-electron chi connectivity index (χ1n) is 5.59. The number of carbonyl (C=O) groups excluding carboxylic acids is 1. The molecule has 0 aromatic rings. The van der Waals surface area contributed by atoms with Crippen molar-refractivity contribution in [1.29, 1.82) is 0 Å². The first kappa shape index (κ1) is 16.9. The van der Waals surface area contributed by atoms with Gasteiger partial charge in [0.1, 0.15) is 6.04 Å². The molecule has 1 rings (SSSR count). The molecular formula is C12H20ClNO4. The Hall–Kier alpha value is -1.07. The van der Waals surface area contributed by atoms with Crippen LogP contribution in [0.1, 0.15) is 13.8 Å². The molecule has 1 fully saturated rings. The van der Waals surface area contributed by atoms with Gasteiger partial charge >= 0.3 is 11.9 Å². The van der Waals surface area contributed by atoms with Crippen LogP contribution in [0.2, 0.25) is 0 Å². The Balaban J connectivity index is 0.00000289. The number of hydrogen-bond acceptors (Lipinski definition) is 4. The van der Waals surface area contributed by atoms with Gasteiger partial charge in [0, 0.05) is 12.5 Å². The summed E-state index contributed by atoms with van der Waals surface area (Å²) in [5, 5.41) is 12.1. The molecule has 104 valence electrons. The summed E-state index contributed by atoms with van der Waals surface area (Å²) >= 11 is 0. The lowest BCUT2D eigenvalue weighted by Gasteiger charge is -2.26. The largest absolute Gasteiger partial charge is 0.480 e. The molecule has 5 nitrogen and oxygen atoms in total. The average molecular weight is 278 g/mol. The third kappa shape index (κ3) is 3.23. The third-order valence-corrected chi connectivity index (χ3v) is 3.46. The van der Waals surface area contributed by atoms with Crippen molar-refractivity contribution in [2.45, 2.75) is 19.9 Å². The van der Waals surface area contributed by atoms with E-state index in [0.29, 0.717) is 6.54 Å². The first-order chi connectivity index (χ1) is 7.90. The van der Waals surface area contributed by atoms with Crippen LogP contribution in [0, 0.1) is 17.8 Å². The molecule has 0 saturated carbocycles. The van der Waals surface area contributed by atoms with E-state index in [9.17, 15) is 9.59 Å². The SMILES string of the molecule is C=C(C)[C@H]1CN[C@H](C(=O)O)[C@H]1C(C)C(=O)OC.Cl. The molecule has 18 heavy (non-hydrogen) atoms. The van der Waals surface area contributed by atoms with Crippen molar-refractivity contribution in [2.75, 3.05) is 13.7 Å². The van der Waals surface area contributed by atoms with E-state index in [1.54, 1.807) is 6.92 Å². The van der Waals surface area contributed by atoms with Crippen LogP contribution in [0.4, 0.5) is 0 Å². The number of carboxylic acids is 1. The molecule has 0 bridgehead atoms. The van der Waals surface area contributed by atoms with Crippen molar-refractivity contribution in [3.05, 3.63) is 12.2 Å². The topological polar surface area (TPSA) is 75.6 Å². The van der Waals surface area contributed by atoms with Gasteiger partial charge in [0.25, 0.3) is 0 Å². The van der Waals surface area contributed by atoms with E-state index in [-0.39, 0.29) is 30.2 Å². The second kappa shape index (κ2) is 6.75. The molecule has 0 amide bonds. The molecule has 0 spiro atoms. The van der Waals surface area contributed by atoms with Crippen LogP contribution in [-0.2, 0) is 14.3 Å². The zero-order valence-corrected chi connectivity index (χ0v) is 11.6. The van der Waals surface area contributed by atoms with Gasteiger partial charge in [0.2, 0.25) is 0 Å². The Kier molecular flexibility index (Phi) is 6.35. The fourth-order valence-electron chi connectivity index (χ4n) is 2.49. The monoisotopic (exact) mass is 277 g/mol. The van der Waals surface area contributed by atoms with E-state index in [1.165, 1.54) is 7.11 Å². The van der Waals surface area contributed by atoms with Crippen LogP contribution < -0.4 is 5.32 Å². The molecule has 1 unspecified atom stereocenters. The lowest BCUT2D eigenvalue weighted by Crippen LogP contribution is -2.41. The Morgan fingerprint density at radius 2 is 2.06 bits per heavy atom. The smallest absolute Gasteiger partial charge is 0.321 e. The Labute approximate surface area is 113 Å². The number of carboxylic acid groups (broad SMARTS) is 1. The van der Waals surface area contributed by atoms with Crippen LogP contribution >= 0.6 is 12.4 Å². The molecule has 1 heterocycles. The summed E-state index contributed by atoms with van der Waals surface area (Å²) in [4.78, 5) is 22.7. The number of halogens is 1. The molecule has 1 saturated heterocycles. The summed E-state index contributed by atoms with van der Waals surface area (Å²) < 4.78 is 4.69. The van der Waals surface area contributed by atoms with Gasteiger partial charge in [-0.15, -0.1) is 12.4 Å². The quantitative estimate of drug-likeness (QED) is 0.594. The Bertz CT molecular complexity index is 323. The number of carbonyl (C=O) groups is 2. The zero-order chi connectivity index (χ0) is 13.2. The van der Waals surface area contributed by atoms with Crippen LogP contribution in [0.3, 0.4) is 0 Å². The minimum absolute atomic E-state index is 0. The maximum absolute atomic E-state index is 11.6. The summed E-state index contributed by atoms with van der Waals surface area (Å²) in [6.45, 7) is 7.96. The van der Waals surface area contributed by atoms with Gasteiger partial charge in [-0.1, -0.05) is 19.1 Å². The van der Waals surface area contributed by atoms with E-state index in [4.69, 9.17) is 9.84 Å². The number of aliphatic carboxylic acids is 1. The van der Waals surface area contributed by atoms with Crippen LogP contribution in [0.25, 0.3) is 0 Å². The number of esters is 1. The maximum Gasteiger partial charge on any atom is 0.321 e. The predicted molar refractivity (Wildman–Crippen MR) is 69.6 cm³/mol. The number of rotatable bonds is 4. The van der Waals surface area contributed by atoms with Crippen molar-refractivity contribution < 1.29 is 19.4 Å². The number of ether oxygens (including phenoxy) is 1. The minimum atomic E-state index is -0.936. The van der Waals surface area contributed by atoms with E-state index < -0.39 is 17.9 Å². The molecule has 4 atom stereocenters. The van der Waals surface area contributed by atoms with E-state index in [1.807, 2.05) is 6.92 Å². The summed E-state index contributed by atoms with van der Waals surface area (Å²) in [7, 11) is 1.31. The fraction of sp³-hybridized carbons (Fsp3) is 0.667. The molecule has 0 radical (unpaired) electrons. The van der Waals surface area contributed by atoms with Crippen molar-refractivity contribution >= 4 is 24.3 Å². The van der Waals surface area contributed by atoms with Crippen molar-refractivity contribution in [2.24, 2.45) is 17.8 Å². The van der Waals surface area contributed by atoms with Gasteiger partial charge < -0.3 is 15.2 Å². The molecule has 6 heteroatoms. The van der Waals surface area contributed by atoms with Gasteiger partial charge in [-0.25, -0.2) is 0 Å². The third-order valence-electron chi connectivity index (χ3n) is 3.46. The van der Waals surface area contributed by atoms with Gasteiger partial charge in [-0.05, 0) is 12.8 Å². The molecule has 0 aromatic heterocycles. The van der Waals surface area contributed by atoms with E-state index >= 15 is 0 Å². The van der Waals surface area contributed by atoms with Crippen molar-refractivity contribution in [3.8, 4) is 0 Å². The summed E-state index contributed by atoms with van der Waals surface area (Å²) in [6, 6.07) is -0.717. The highest BCUT2D eigenvalue weighted by molar-refractivity contribution is 5.85. The zero-order valence-electron chi connectivity index (χ0n) is 10.8. The summed E-state index contributed by atoms with van der Waals surface area (Å²) in [5.41, 5.74) is 0.891. The van der Waals surface area contributed by atoms with Crippen LogP contribution in [0.15, 0.2) is 12.2 Å². The highest BCUT2D eigenvalue weighted by atomic mass is 35.5. The normalized spacial score (nSPS) is 28.1.